The zero-order valence-corrected chi connectivity index (χ0v) is 11.7. The van der Waals surface area contributed by atoms with Crippen molar-refractivity contribution in [2.45, 2.75) is 55.1 Å². The second kappa shape index (κ2) is 5.70. The molecule has 4 heteroatoms. The molecule has 0 amide bonds. The van der Waals surface area contributed by atoms with Crippen LogP contribution >= 0.6 is 11.8 Å². The van der Waals surface area contributed by atoms with Crippen molar-refractivity contribution in [2.24, 2.45) is 0 Å². The minimum absolute atomic E-state index is 0.136. The van der Waals surface area contributed by atoms with E-state index in [1.54, 1.807) is 6.07 Å². The Labute approximate surface area is 116 Å². The molecule has 1 nitrogen and oxygen atoms in total. The molecule has 1 fully saturated rings. The number of halogens is 2. The summed E-state index contributed by atoms with van der Waals surface area (Å²) in [6, 6.07) is 1.80. The van der Waals surface area contributed by atoms with E-state index < -0.39 is 11.6 Å². The third-order valence-electron chi connectivity index (χ3n) is 3.89. The maximum atomic E-state index is 14.1. The Morgan fingerprint density at radius 2 is 1.84 bits per heavy atom. The Morgan fingerprint density at radius 3 is 2.63 bits per heavy atom. The summed E-state index contributed by atoms with van der Waals surface area (Å²) in [4.78, 5) is 0.466. The van der Waals surface area contributed by atoms with E-state index in [9.17, 15) is 8.78 Å². The van der Waals surface area contributed by atoms with E-state index in [1.807, 2.05) is 0 Å². The molecule has 1 aromatic rings. The first kappa shape index (κ1) is 13.2. The molecular weight excluding hydrogens is 266 g/mol. The molecule has 0 spiro atoms. The number of hydrogen-bond donors (Lipinski definition) is 0. The molecule has 1 aliphatic carbocycles. The molecular formula is C15H18F2OS. The summed E-state index contributed by atoms with van der Waals surface area (Å²) >= 11 is 1.51. The van der Waals surface area contributed by atoms with Crippen molar-refractivity contribution < 1.29 is 13.5 Å². The molecule has 1 saturated carbocycles. The minimum Gasteiger partial charge on any atom is -0.490 e. The highest BCUT2D eigenvalue weighted by Gasteiger charge is 2.24. The molecule has 2 aliphatic rings. The second-order valence-electron chi connectivity index (χ2n) is 5.32. The first-order chi connectivity index (χ1) is 9.25. The van der Waals surface area contributed by atoms with Crippen LogP contribution in [0.4, 0.5) is 8.78 Å². The summed E-state index contributed by atoms with van der Waals surface area (Å²) in [6.07, 6.45) is 7.56. The standard InChI is InChI=1S/C15H18F2OS/c16-13-12(19-11-6-2-1-3-7-11)9-10-5-4-8-18-15(10)14(13)17/h9,11H,1-8H2. The van der Waals surface area contributed by atoms with Gasteiger partial charge in [-0.05, 0) is 37.3 Å². The van der Waals surface area contributed by atoms with Gasteiger partial charge in [-0.3, -0.25) is 0 Å². The van der Waals surface area contributed by atoms with Crippen LogP contribution in [0, 0.1) is 11.6 Å². The van der Waals surface area contributed by atoms with Gasteiger partial charge in [0.05, 0.1) is 6.61 Å². The van der Waals surface area contributed by atoms with Gasteiger partial charge in [-0.2, -0.15) is 4.39 Å². The van der Waals surface area contributed by atoms with Crippen molar-refractivity contribution >= 4 is 11.8 Å². The van der Waals surface area contributed by atoms with E-state index in [0.717, 1.165) is 31.2 Å². The summed E-state index contributed by atoms with van der Waals surface area (Å²) < 4.78 is 33.3. The Kier molecular flexibility index (Phi) is 3.96. The summed E-state index contributed by atoms with van der Waals surface area (Å²) in [5, 5.41) is 0.435. The molecule has 0 saturated heterocycles. The van der Waals surface area contributed by atoms with Crippen LogP contribution in [-0.2, 0) is 6.42 Å². The lowest BCUT2D eigenvalue weighted by molar-refractivity contribution is 0.266. The van der Waals surface area contributed by atoms with Crippen LogP contribution in [0.1, 0.15) is 44.1 Å². The smallest absolute Gasteiger partial charge is 0.202 e. The molecule has 104 valence electrons. The van der Waals surface area contributed by atoms with Gasteiger partial charge in [0, 0.05) is 10.1 Å². The SMILES string of the molecule is Fc1c(SC2CCCCC2)cc2c(c1F)OCCC2. The van der Waals surface area contributed by atoms with Crippen LogP contribution in [0.2, 0.25) is 0 Å². The van der Waals surface area contributed by atoms with E-state index in [4.69, 9.17) is 4.74 Å². The largest absolute Gasteiger partial charge is 0.490 e. The van der Waals surface area contributed by atoms with Gasteiger partial charge in [-0.15, -0.1) is 11.8 Å². The molecule has 1 aromatic carbocycles. The van der Waals surface area contributed by atoms with Gasteiger partial charge in [-0.1, -0.05) is 19.3 Å². The first-order valence-corrected chi connectivity index (χ1v) is 7.94. The van der Waals surface area contributed by atoms with Crippen LogP contribution in [-0.4, -0.2) is 11.9 Å². The van der Waals surface area contributed by atoms with Crippen LogP contribution in [0.5, 0.6) is 5.75 Å². The fourth-order valence-corrected chi connectivity index (χ4v) is 4.19. The minimum atomic E-state index is -0.796. The lowest BCUT2D eigenvalue weighted by Crippen LogP contribution is -2.13. The third kappa shape index (κ3) is 2.73. The monoisotopic (exact) mass is 284 g/mol. The molecule has 0 atom stereocenters. The maximum absolute atomic E-state index is 14.1. The van der Waals surface area contributed by atoms with Gasteiger partial charge in [-0.25, -0.2) is 4.39 Å². The number of hydrogen-bond acceptors (Lipinski definition) is 2. The summed E-state index contributed by atoms with van der Waals surface area (Å²) in [6.45, 7) is 0.485. The normalized spacial score (nSPS) is 19.9. The van der Waals surface area contributed by atoms with Gasteiger partial charge < -0.3 is 4.74 Å². The highest BCUT2D eigenvalue weighted by molar-refractivity contribution is 8.00. The van der Waals surface area contributed by atoms with Crippen molar-refractivity contribution in [2.75, 3.05) is 6.61 Å². The van der Waals surface area contributed by atoms with E-state index in [1.165, 1.54) is 31.0 Å². The lowest BCUT2D eigenvalue weighted by atomic mass is 10.0. The zero-order chi connectivity index (χ0) is 13.2. The van der Waals surface area contributed by atoms with Gasteiger partial charge in [0.2, 0.25) is 5.82 Å². The predicted octanol–water partition coefficient (Wildman–Crippen LogP) is 4.71. The Morgan fingerprint density at radius 1 is 1.05 bits per heavy atom. The number of benzene rings is 1. The number of aryl methyl sites for hydroxylation is 1. The highest BCUT2D eigenvalue weighted by Crippen LogP contribution is 2.40. The number of thioether (sulfide) groups is 1. The molecule has 19 heavy (non-hydrogen) atoms. The third-order valence-corrected chi connectivity index (χ3v) is 5.24. The van der Waals surface area contributed by atoms with Crippen LogP contribution in [0.3, 0.4) is 0 Å². The maximum Gasteiger partial charge on any atom is 0.202 e. The molecule has 1 heterocycles. The topological polar surface area (TPSA) is 9.23 Å². The molecule has 3 rings (SSSR count). The quantitative estimate of drug-likeness (QED) is 0.777. The molecule has 0 bridgehead atoms. The average Bonchev–Trinajstić information content (AvgIpc) is 2.46. The average molecular weight is 284 g/mol. The highest BCUT2D eigenvalue weighted by atomic mass is 32.2. The van der Waals surface area contributed by atoms with E-state index in [2.05, 4.69) is 0 Å². The lowest BCUT2D eigenvalue weighted by Gasteiger charge is -2.23. The van der Waals surface area contributed by atoms with Gasteiger partial charge >= 0.3 is 0 Å². The fraction of sp³-hybridized carbons (Fsp3) is 0.600. The predicted molar refractivity (Wildman–Crippen MR) is 72.9 cm³/mol. The van der Waals surface area contributed by atoms with Crippen LogP contribution < -0.4 is 4.74 Å². The molecule has 0 unspecified atom stereocenters. The van der Waals surface area contributed by atoms with Crippen LogP contribution in [0.25, 0.3) is 0 Å². The molecule has 0 radical (unpaired) electrons. The van der Waals surface area contributed by atoms with Crippen LogP contribution in [0.15, 0.2) is 11.0 Å². The number of ether oxygens (including phenoxy) is 1. The van der Waals surface area contributed by atoms with Gasteiger partial charge in [0.25, 0.3) is 0 Å². The fourth-order valence-electron chi connectivity index (χ4n) is 2.86. The molecule has 0 N–H and O–H groups in total. The van der Waals surface area contributed by atoms with Crippen molar-refractivity contribution in [3.63, 3.8) is 0 Å². The van der Waals surface area contributed by atoms with E-state index in [0.29, 0.717) is 16.8 Å². The van der Waals surface area contributed by atoms with Gasteiger partial charge in [0.1, 0.15) is 0 Å². The van der Waals surface area contributed by atoms with E-state index >= 15 is 0 Å². The van der Waals surface area contributed by atoms with Crippen molar-refractivity contribution in [3.05, 3.63) is 23.3 Å². The number of fused-ring (bicyclic) bond motifs is 1. The molecule has 0 aromatic heterocycles. The van der Waals surface area contributed by atoms with Crippen molar-refractivity contribution in [3.8, 4) is 5.75 Å². The Hall–Kier alpha value is -0.770. The van der Waals surface area contributed by atoms with E-state index in [-0.39, 0.29) is 5.75 Å². The number of rotatable bonds is 2. The Balaban J connectivity index is 1.86. The van der Waals surface area contributed by atoms with Crippen molar-refractivity contribution in [1.29, 1.82) is 0 Å². The molecule has 1 aliphatic heterocycles. The first-order valence-electron chi connectivity index (χ1n) is 7.06. The second-order valence-corrected chi connectivity index (χ2v) is 6.66. The zero-order valence-electron chi connectivity index (χ0n) is 10.9. The Bertz CT molecular complexity index is 470. The summed E-state index contributed by atoms with van der Waals surface area (Å²) in [7, 11) is 0. The van der Waals surface area contributed by atoms with Gasteiger partial charge in [0.15, 0.2) is 11.6 Å². The summed E-state index contributed by atoms with van der Waals surface area (Å²) in [5.41, 5.74) is 0.823. The summed E-state index contributed by atoms with van der Waals surface area (Å²) in [5.74, 6) is -1.39. The van der Waals surface area contributed by atoms with Crippen molar-refractivity contribution in [1.82, 2.24) is 0 Å².